The predicted molar refractivity (Wildman–Crippen MR) is 71.0 cm³/mol. The highest BCUT2D eigenvalue weighted by Gasteiger charge is 2.40. The van der Waals surface area contributed by atoms with E-state index in [0.29, 0.717) is 10.8 Å². The van der Waals surface area contributed by atoms with Crippen LogP contribution in [0.2, 0.25) is 5.02 Å². The van der Waals surface area contributed by atoms with Gasteiger partial charge in [0.05, 0.1) is 17.7 Å². The normalized spacial score (nSPS) is 16.6. The van der Waals surface area contributed by atoms with Crippen molar-refractivity contribution in [3.05, 3.63) is 28.3 Å². The van der Waals surface area contributed by atoms with E-state index in [1.807, 2.05) is 12.1 Å². The summed E-state index contributed by atoms with van der Waals surface area (Å²) in [5, 5.41) is 0.567. The maximum atomic E-state index is 10.6. The minimum absolute atomic E-state index is 0.400. The lowest BCUT2D eigenvalue weighted by atomic mass is 9.70. The number of halogens is 1. The molecule has 0 bridgehead atoms. The number of hydrogen-bond acceptors (Lipinski definition) is 3. The molecule has 1 aliphatic carbocycles. The number of ether oxygens (including phenoxy) is 1. The zero-order valence-corrected chi connectivity index (χ0v) is 11.4. The minimum Gasteiger partial charge on any atom is -0.495 e. The average Bonchev–Trinajstić information content (AvgIpc) is 2.33. The lowest BCUT2D eigenvalue weighted by Crippen LogP contribution is -2.33. The van der Waals surface area contributed by atoms with Crippen LogP contribution in [-0.2, 0) is 16.8 Å². The summed E-state index contributed by atoms with van der Waals surface area (Å²) < 4.78 is 5.23. The van der Waals surface area contributed by atoms with E-state index >= 15 is 0 Å². The molecule has 0 amide bonds. The number of aliphatic imine (C=N–C) groups is 1. The fraction of sp³-hybridized carbons (Fsp3) is 0.500. The molecule has 2 rings (SSSR count). The Kier molecular flexibility index (Phi) is 3.74. The first-order chi connectivity index (χ1) is 8.66. The Morgan fingerprint density at radius 3 is 2.67 bits per heavy atom. The molecule has 0 N–H and O–H groups in total. The van der Waals surface area contributed by atoms with Gasteiger partial charge in [-0.25, -0.2) is 4.79 Å². The van der Waals surface area contributed by atoms with Crippen LogP contribution in [0.25, 0.3) is 0 Å². The first-order valence-electron chi connectivity index (χ1n) is 6.13. The molecule has 3 nitrogen and oxygen atoms in total. The van der Waals surface area contributed by atoms with Crippen LogP contribution in [0.5, 0.6) is 5.75 Å². The largest absolute Gasteiger partial charge is 0.495 e. The number of carbonyl (C=O) groups excluding carboxylic acids is 1. The van der Waals surface area contributed by atoms with Crippen LogP contribution in [0.4, 0.5) is 0 Å². The van der Waals surface area contributed by atoms with Gasteiger partial charge in [0.15, 0.2) is 0 Å². The molecule has 0 radical (unpaired) electrons. The van der Waals surface area contributed by atoms with Gasteiger partial charge in [-0.05, 0) is 48.9 Å². The van der Waals surface area contributed by atoms with Gasteiger partial charge in [-0.1, -0.05) is 18.5 Å². The first kappa shape index (κ1) is 13.1. The summed E-state index contributed by atoms with van der Waals surface area (Å²) in [5.74, 6) is 0.668. The third-order valence-electron chi connectivity index (χ3n) is 3.70. The molecule has 18 heavy (non-hydrogen) atoms. The standard InChI is InChI=1S/C14H16ClNO2/c1-3-10-7-13(18-2)12(15)8-11(10)14(16-9-17)5-4-6-14/h7-8H,3-6H2,1-2H3. The van der Waals surface area contributed by atoms with Gasteiger partial charge in [-0.3, -0.25) is 0 Å². The zero-order chi connectivity index (χ0) is 13.2. The molecule has 0 atom stereocenters. The maximum Gasteiger partial charge on any atom is 0.235 e. The molecular weight excluding hydrogens is 250 g/mol. The SMILES string of the molecule is CCc1cc(OC)c(Cl)cc1C1(N=C=O)CCC1. The van der Waals surface area contributed by atoms with Crippen LogP contribution in [0.15, 0.2) is 17.1 Å². The van der Waals surface area contributed by atoms with Crippen LogP contribution in [0.1, 0.15) is 37.3 Å². The Morgan fingerprint density at radius 2 is 2.22 bits per heavy atom. The van der Waals surface area contributed by atoms with Gasteiger partial charge in [0.2, 0.25) is 6.08 Å². The van der Waals surface area contributed by atoms with E-state index in [4.69, 9.17) is 16.3 Å². The molecule has 0 aliphatic heterocycles. The van der Waals surface area contributed by atoms with Crippen LogP contribution in [0, 0.1) is 0 Å². The average molecular weight is 266 g/mol. The molecule has 1 aromatic rings. The summed E-state index contributed by atoms with van der Waals surface area (Å²) >= 11 is 6.18. The summed E-state index contributed by atoms with van der Waals surface area (Å²) in [7, 11) is 1.60. The van der Waals surface area contributed by atoms with Crippen molar-refractivity contribution in [2.75, 3.05) is 7.11 Å². The summed E-state index contributed by atoms with van der Waals surface area (Å²) in [6.45, 7) is 2.07. The van der Waals surface area contributed by atoms with E-state index < -0.39 is 5.54 Å². The van der Waals surface area contributed by atoms with Crippen molar-refractivity contribution in [2.24, 2.45) is 4.99 Å². The van der Waals surface area contributed by atoms with Gasteiger partial charge in [0.25, 0.3) is 0 Å². The van der Waals surface area contributed by atoms with Crippen LogP contribution >= 0.6 is 11.6 Å². The topological polar surface area (TPSA) is 38.7 Å². The van der Waals surface area contributed by atoms with Gasteiger partial charge in [-0.2, -0.15) is 4.99 Å². The number of methoxy groups -OCH3 is 1. The molecule has 1 fully saturated rings. The van der Waals surface area contributed by atoms with Crippen molar-refractivity contribution in [3.63, 3.8) is 0 Å². The third kappa shape index (κ3) is 2.05. The third-order valence-corrected chi connectivity index (χ3v) is 4.00. The molecule has 0 saturated heterocycles. The molecule has 1 aromatic carbocycles. The van der Waals surface area contributed by atoms with E-state index in [9.17, 15) is 4.79 Å². The Labute approximate surface area is 112 Å². The van der Waals surface area contributed by atoms with Crippen LogP contribution in [0.3, 0.4) is 0 Å². The first-order valence-corrected chi connectivity index (χ1v) is 6.50. The molecule has 0 heterocycles. The maximum absolute atomic E-state index is 10.6. The smallest absolute Gasteiger partial charge is 0.235 e. The minimum atomic E-state index is -0.400. The number of aryl methyl sites for hydroxylation is 1. The van der Waals surface area contributed by atoms with Gasteiger partial charge in [-0.15, -0.1) is 0 Å². The van der Waals surface area contributed by atoms with Gasteiger partial charge < -0.3 is 4.74 Å². The second-order valence-electron chi connectivity index (χ2n) is 4.59. The monoisotopic (exact) mass is 265 g/mol. The quantitative estimate of drug-likeness (QED) is 0.616. The zero-order valence-electron chi connectivity index (χ0n) is 10.6. The molecule has 1 saturated carbocycles. The second kappa shape index (κ2) is 5.13. The Morgan fingerprint density at radius 1 is 1.50 bits per heavy atom. The summed E-state index contributed by atoms with van der Waals surface area (Å²) in [6.07, 6.45) is 5.42. The summed E-state index contributed by atoms with van der Waals surface area (Å²) in [5.41, 5.74) is 1.78. The fourth-order valence-corrected chi connectivity index (χ4v) is 2.76. The number of hydrogen-bond donors (Lipinski definition) is 0. The van der Waals surface area contributed by atoms with Gasteiger partial charge in [0, 0.05) is 0 Å². The summed E-state index contributed by atoms with van der Waals surface area (Å²) in [6, 6.07) is 3.83. The molecule has 0 aromatic heterocycles. The highest BCUT2D eigenvalue weighted by atomic mass is 35.5. The van der Waals surface area contributed by atoms with Crippen molar-refractivity contribution < 1.29 is 9.53 Å². The number of nitrogens with zero attached hydrogens (tertiary/aromatic N) is 1. The molecule has 96 valence electrons. The summed E-state index contributed by atoms with van der Waals surface area (Å²) in [4.78, 5) is 14.7. The van der Waals surface area contributed by atoms with Crippen molar-refractivity contribution in [3.8, 4) is 5.75 Å². The molecule has 0 spiro atoms. The lowest BCUT2D eigenvalue weighted by Gasteiger charge is -2.38. The molecule has 1 aliphatic rings. The van der Waals surface area contributed by atoms with Crippen molar-refractivity contribution in [1.29, 1.82) is 0 Å². The number of benzene rings is 1. The van der Waals surface area contributed by atoms with Gasteiger partial charge in [0.1, 0.15) is 5.75 Å². The van der Waals surface area contributed by atoms with Crippen molar-refractivity contribution in [2.45, 2.75) is 38.1 Å². The fourth-order valence-electron chi connectivity index (χ4n) is 2.52. The lowest BCUT2D eigenvalue weighted by molar-refractivity contribution is 0.254. The number of rotatable bonds is 4. The van der Waals surface area contributed by atoms with Crippen molar-refractivity contribution >= 4 is 17.7 Å². The van der Waals surface area contributed by atoms with E-state index in [-0.39, 0.29) is 0 Å². The predicted octanol–water partition coefficient (Wildman–Crippen LogP) is 3.63. The Bertz CT molecular complexity index is 503. The van der Waals surface area contributed by atoms with E-state index in [1.165, 1.54) is 0 Å². The van der Waals surface area contributed by atoms with E-state index in [0.717, 1.165) is 36.8 Å². The van der Waals surface area contributed by atoms with Crippen LogP contribution < -0.4 is 4.74 Å². The molecule has 0 unspecified atom stereocenters. The molecule has 4 heteroatoms. The highest BCUT2D eigenvalue weighted by molar-refractivity contribution is 6.32. The Balaban J connectivity index is 2.55. The Hall–Kier alpha value is -1.31. The van der Waals surface area contributed by atoms with E-state index in [1.54, 1.807) is 13.2 Å². The van der Waals surface area contributed by atoms with Crippen LogP contribution in [-0.4, -0.2) is 13.2 Å². The highest BCUT2D eigenvalue weighted by Crippen LogP contribution is 2.47. The van der Waals surface area contributed by atoms with E-state index in [2.05, 4.69) is 11.9 Å². The molecular formula is C14H16ClNO2. The number of isocyanates is 1. The second-order valence-corrected chi connectivity index (χ2v) is 4.99. The van der Waals surface area contributed by atoms with Gasteiger partial charge >= 0.3 is 0 Å². The van der Waals surface area contributed by atoms with Crippen molar-refractivity contribution in [1.82, 2.24) is 0 Å².